The molecular formula is C13H15N2O2. The van der Waals surface area contributed by atoms with Gasteiger partial charge in [-0.15, -0.1) is 6.58 Å². The van der Waals surface area contributed by atoms with Crippen molar-refractivity contribution < 1.29 is 9.90 Å². The molecule has 1 radical (unpaired) electrons. The van der Waals surface area contributed by atoms with E-state index in [-0.39, 0.29) is 12.6 Å². The van der Waals surface area contributed by atoms with Crippen molar-refractivity contribution in [2.75, 3.05) is 18.5 Å². The number of carbonyl (C=O) groups excluding carboxylic acids is 1. The summed E-state index contributed by atoms with van der Waals surface area (Å²) in [6.45, 7) is 3.67. The largest absolute Gasteiger partial charge is 0.334 e. The topological polar surface area (TPSA) is 61.0 Å². The van der Waals surface area contributed by atoms with Gasteiger partial charge in [0.2, 0.25) is 0 Å². The van der Waals surface area contributed by atoms with E-state index < -0.39 is 0 Å². The molecule has 17 heavy (non-hydrogen) atoms. The van der Waals surface area contributed by atoms with Crippen molar-refractivity contribution in [2.24, 2.45) is 0 Å². The Balaban J connectivity index is 2.62. The highest BCUT2D eigenvalue weighted by molar-refractivity contribution is 5.89. The van der Waals surface area contributed by atoms with Crippen LogP contribution >= 0.6 is 0 Å². The van der Waals surface area contributed by atoms with E-state index in [1.54, 1.807) is 24.3 Å². The van der Waals surface area contributed by atoms with Gasteiger partial charge in [0.1, 0.15) is 6.61 Å². The number of anilines is 1. The first-order valence-electron chi connectivity index (χ1n) is 5.26. The number of amides is 2. The standard InChI is InChI=1S/C13H15N2O2/c1-2-8-14-13(17)15-12-7-3-5-11(10-12)6-4-9-16/h2-7,10H,1,8-9H2,(H2,14,15,17). The average molecular weight is 231 g/mol. The molecule has 0 unspecified atom stereocenters. The molecule has 1 rings (SSSR count). The molecule has 0 aliphatic rings. The molecule has 89 valence electrons. The zero-order valence-electron chi connectivity index (χ0n) is 9.48. The summed E-state index contributed by atoms with van der Waals surface area (Å²) in [7, 11) is 0. The molecule has 0 fully saturated rings. The first kappa shape index (κ1) is 13.0. The highest BCUT2D eigenvalue weighted by atomic mass is 16.2. The number of benzene rings is 1. The molecule has 0 saturated heterocycles. The van der Waals surface area contributed by atoms with Crippen molar-refractivity contribution in [1.82, 2.24) is 5.32 Å². The number of rotatable bonds is 5. The molecule has 4 nitrogen and oxygen atoms in total. The Bertz CT molecular complexity index is 414. The molecular weight excluding hydrogens is 216 g/mol. The van der Waals surface area contributed by atoms with Crippen LogP contribution in [0, 0.1) is 0 Å². The van der Waals surface area contributed by atoms with Crippen LogP contribution in [0.4, 0.5) is 10.5 Å². The lowest BCUT2D eigenvalue weighted by atomic mass is 10.2. The minimum Gasteiger partial charge on any atom is -0.334 e. The van der Waals surface area contributed by atoms with Gasteiger partial charge in [-0.2, -0.15) is 0 Å². The summed E-state index contributed by atoms with van der Waals surface area (Å²) in [4.78, 5) is 11.4. The molecule has 0 aliphatic carbocycles. The zero-order valence-corrected chi connectivity index (χ0v) is 9.48. The number of hydrogen-bond donors (Lipinski definition) is 2. The number of hydrogen-bond acceptors (Lipinski definition) is 1. The van der Waals surface area contributed by atoms with Crippen LogP contribution in [-0.4, -0.2) is 19.2 Å². The number of carbonyl (C=O) groups is 1. The van der Waals surface area contributed by atoms with Gasteiger partial charge in [-0.05, 0) is 17.7 Å². The molecule has 0 aliphatic heterocycles. The van der Waals surface area contributed by atoms with E-state index in [9.17, 15) is 9.90 Å². The third-order valence-corrected chi connectivity index (χ3v) is 1.96. The Hall–Kier alpha value is -2.07. The highest BCUT2D eigenvalue weighted by Gasteiger charge is 1.99. The van der Waals surface area contributed by atoms with Gasteiger partial charge >= 0.3 is 6.03 Å². The summed E-state index contributed by atoms with van der Waals surface area (Å²) in [6, 6.07) is 6.96. The van der Waals surface area contributed by atoms with E-state index in [2.05, 4.69) is 17.2 Å². The van der Waals surface area contributed by atoms with E-state index in [0.717, 1.165) is 5.56 Å². The fourth-order valence-electron chi connectivity index (χ4n) is 1.24. The van der Waals surface area contributed by atoms with Crippen LogP contribution in [0.3, 0.4) is 0 Å². The molecule has 2 N–H and O–H groups in total. The van der Waals surface area contributed by atoms with E-state index in [4.69, 9.17) is 0 Å². The Morgan fingerprint density at radius 1 is 1.41 bits per heavy atom. The van der Waals surface area contributed by atoms with Crippen LogP contribution in [0.2, 0.25) is 0 Å². The Morgan fingerprint density at radius 2 is 2.24 bits per heavy atom. The van der Waals surface area contributed by atoms with E-state index >= 15 is 0 Å². The SMILES string of the molecule is C=CCNC(=O)Nc1cccc(C=CC[O])c1. The smallest absolute Gasteiger partial charge is 0.319 e. The minimum atomic E-state index is -0.283. The monoisotopic (exact) mass is 231 g/mol. The second-order valence-electron chi connectivity index (χ2n) is 3.32. The molecule has 0 heterocycles. The van der Waals surface area contributed by atoms with E-state index in [1.165, 1.54) is 6.08 Å². The van der Waals surface area contributed by atoms with Crippen molar-refractivity contribution in [3.63, 3.8) is 0 Å². The molecule has 0 saturated carbocycles. The predicted octanol–water partition coefficient (Wildman–Crippen LogP) is 2.44. The second kappa shape index (κ2) is 7.24. The van der Waals surface area contributed by atoms with Gasteiger partial charge in [-0.1, -0.05) is 30.4 Å². The summed E-state index contributed by atoms with van der Waals surface area (Å²) in [6.07, 6.45) is 4.85. The summed E-state index contributed by atoms with van der Waals surface area (Å²) in [5, 5.41) is 15.6. The Morgan fingerprint density at radius 3 is 2.94 bits per heavy atom. The van der Waals surface area contributed by atoms with Crippen molar-refractivity contribution in [2.45, 2.75) is 0 Å². The van der Waals surface area contributed by atoms with Crippen LogP contribution in [0.15, 0.2) is 43.0 Å². The van der Waals surface area contributed by atoms with Gasteiger partial charge < -0.3 is 10.6 Å². The molecule has 0 atom stereocenters. The van der Waals surface area contributed by atoms with Crippen LogP contribution in [0.5, 0.6) is 0 Å². The molecule has 0 aromatic heterocycles. The van der Waals surface area contributed by atoms with Crippen molar-refractivity contribution >= 4 is 17.8 Å². The summed E-state index contributed by atoms with van der Waals surface area (Å²) in [5.74, 6) is 0. The van der Waals surface area contributed by atoms with Crippen molar-refractivity contribution in [1.29, 1.82) is 0 Å². The van der Waals surface area contributed by atoms with Crippen LogP contribution in [-0.2, 0) is 5.11 Å². The highest BCUT2D eigenvalue weighted by Crippen LogP contribution is 2.11. The normalized spacial score (nSPS) is 10.2. The lowest BCUT2D eigenvalue weighted by Gasteiger charge is -2.06. The molecule has 0 bridgehead atoms. The maximum Gasteiger partial charge on any atom is 0.319 e. The lowest BCUT2D eigenvalue weighted by Crippen LogP contribution is -2.28. The first-order chi connectivity index (χ1) is 8.26. The third-order valence-electron chi connectivity index (χ3n) is 1.96. The summed E-state index contributed by atoms with van der Waals surface area (Å²) in [5.41, 5.74) is 1.56. The van der Waals surface area contributed by atoms with Gasteiger partial charge in [0.05, 0.1) is 0 Å². The van der Waals surface area contributed by atoms with Gasteiger partial charge in [0.15, 0.2) is 0 Å². The van der Waals surface area contributed by atoms with Gasteiger partial charge in [-0.25, -0.2) is 9.90 Å². The number of urea groups is 1. The maximum absolute atomic E-state index is 11.4. The van der Waals surface area contributed by atoms with E-state index in [0.29, 0.717) is 12.2 Å². The quantitative estimate of drug-likeness (QED) is 0.751. The third kappa shape index (κ3) is 4.99. The minimum absolute atomic E-state index is 0.253. The van der Waals surface area contributed by atoms with Crippen LogP contribution in [0.1, 0.15) is 5.56 Å². The van der Waals surface area contributed by atoms with Gasteiger partial charge in [-0.3, -0.25) is 0 Å². The number of nitrogens with one attached hydrogen (secondary N) is 2. The lowest BCUT2D eigenvalue weighted by molar-refractivity contribution is 0.233. The predicted molar refractivity (Wildman–Crippen MR) is 68.2 cm³/mol. The van der Waals surface area contributed by atoms with Crippen molar-refractivity contribution in [3.8, 4) is 0 Å². The fourth-order valence-corrected chi connectivity index (χ4v) is 1.24. The first-order valence-corrected chi connectivity index (χ1v) is 5.26. The summed E-state index contributed by atoms with van der Waals surface area (Å²) >= 11 is 0. The van der Waals surface area contributed by atoms with Crippen molar-refractivity contribution in [3.05, 3.63) is 48.6 Å². The molecule has 1 aromatic carbocycles. The Labute approximate surface area is 101 Å². The zero-order chi connectivity index (χ0) is 12.5. The second-order valence-corrected chi connectivity index (χ2v) is 3.32. The fraction of sp³-hybridized carbons (Fsp3) is 0.154. The Kier molecular flexibility index (Phi) is 5.54. The molecule has 4 heteroatoms. The van der Waals surface area contributed by atoms with Gasteiger partial charge in [0.25, 0.3) is 0 Å². The van der Waals surface area contributed by atoms with Crippen LogP contribution < -0.4 is 10.6 Å². The molecule has 1 aromatic rings. The van der Waals surface area contributed by atoms with Crippen LogP contribution in [0.25, 0.3) is 6.08 Å². The molecule has 2 amide bonds. The van der Waals surface area contributed by atoms with E-state index in [1.807, 2.05) is 12.1 Å². The average Bonchev–Trinajstić information content (AvgIpc) is 2.34. The summed E-state index contributed by atoms with van der Waals surface area (Å²) < 4.78 is 0. The maximum atomic E-state index is 11.4. The van der Waals surface area contributed by atoms with Gasteiger partial charge in [0, 0.05) is 12.2 Å². The molecule has 0 spiro atoms.